The van der Waals surface area contributed by atoms with Crippen molar-refractivity contribution in [3.05, 3.63) is 35.4 Å². The number of halogens is 1. The highest BCUT2D eigenvalue weighted by atomic mass is 35.5. The van der Waals surface area contributed by atoms with Gasteiger partial charge in [0, 0.05) is 5.88 Å². The van der Waals surface area contributed by atoms with Crippen molar-refractivity contribution in [1.82, 2.24) is 0 Å². The minimum absolute atomic E-state index is 0.557. The summed E-state index contributed by atoms with van der Waals surface area (Å²) in [5.41, 5.74) is 2.21. The summed E-state index contributed by atoms with van der Waals surface area (Å²) in [7, 11) is 0. The predicted molar refractivity (Wildman–Crippen MR) is 39.6 cm³/mol. The van der Waals surface area contributed by atoms with Gasteiger partial charge in [-0.2, -0.15) is 0 Å². The van der Waals surface area contributed by atoms with Gasteiger partial charge < -0.3 is 0 Å². The summed E-state index contributed by atoms with van der Waals surface area (Å²) in [6.07, 6.45) is 0. The summed E-state index contributed by atoms with van der Waals surface area (Å²) in [5.74, 6) is 0.557. The largest absolute Gasteiger partial charge is 0.122 e. The van der Waals surface area contributed by atoms with E-state index >= 15 is 0 Å². The second-order valence-electron chi connectivity index (χ2n) is 1.99. The average Bonchev–Trinajstić information content (AvgIpc) is 1.88. The van der Waals surface area contributed by atoms with Crippen molar-refractivity contribution >= 4 is 11.6 Å². The normalized spacial score (nSPS) is 9.56. The van der Waals surface area contributed by atoms with E-state index in [0.717, 1.165) is 11.1 Å². The molecular formula is C8H8Cl. The van der Waals surface area contributed by atoms with Crippen LogP contribution in [-0.2, 0) is 5.88 Å². The molecule has 0 heterocycles. The van der Waals surface area contributed by atoms with E-state index in [1.807, 2.05) is 25.1 Å². The minimum atomic E-state index is 0.557. The van der Waals surface area contributed by atoms with E-state index in [1.54, 1.807) is 0 Å². The topological polar surface area (TPSA) is 0 Å². The Morgan fingerprint density at radius 1 is 1.56 bits per heavy atom. The Labute approximate surface area is 60.5 Å². The molecule has 0 nitrogen and oxygen atoms in total. The summed E-state index contributed by atoms with van der Waals surface area (Å²) in [6.45, 7) is 2.01. The summed E-state index contributed by atoms with van der Waals surface area (Å²) in [6, 6.07) is 9.10. The molecule has 1 radical (unpaired) electrons. The van der Waals surface area contributed by atoms with E-state index in [9.17, 15) is 0 Å². The molecule has 47 valence electrons. The summed E-state index contributed by atoms with van der Waals surface area (Å²) < 4.78 is 0. The van der Waals surface area contributed by atoms with Crippen LogP contribution in [0.4, 0.5) is 0 Å². The highest BCUT2D eigenvalue weighted by Gasteiger charge is 1.88. The Kier molecular flexibility index (Phi) is 2.12. The van der Waals surface area contributed by atoms with Crippen molar-refractivity contribution in [1.29, 1.82) is 0 Å². The number of hydrogen-bond donors (Lipinski definition) is 0. The zero-order chi connectivity index (χ0) is 6.69. The van der Waals surface area contributed by atoms with Gasteiger partial charge in [-0.1, -0.05) is 18.2 Å². The molecule has 0 aliphatic carbocycles. The van der Waals surface area contributed by atoms with Crippen LogP contribution in [0.5, 0.6) is 0 Å². The molecule has 1 aromatic carbocycles. The van der Waals surface area contributed by atoms with Gasteiger partial charge in [-0.15, -0.1) is 11.6 Å². The Morgan fingerprint density at radius 3 is 2.78 bits per heavy atom. The van der Waals surface area contributed by atoms with Crippen molar-refractivity contribution in [3.63, 3.8) is 0 Å². The fraction of sp³-hybridized carbons (Fsp3) is 0.250. The average molecular weight is 140 g/mol. The van der Waals surface area contributed by atoms with Gasteiger partial charge in [-0.25, -0.2) is 0 Å². The zero-order valence-corrected chi connectivity index (χ0v) is 6.07. The Morgan fingerprint density at radius 2 is 2.33 bits per heavy atom. The molecule has 0 fully saturated rings. The maximum absolute atomic E-state index is 5.57. The summed E-state index contributed by atoms with van der Waals surface area (Å²) in [4.78, 5) is 0. The number of benzene rings is 1. The first-order valence-corrected chi connectivity index (χ1v) is 3.40. The molecule has 0 bridgehead atoms. The molecule has 1 heteroatoms. The van der Waals surface area contributed by atoms with Crippen LogP contribution in [0.15, 0.2) is 18.2 Å². The second kappa shape index (κ2) is 2.88. The Hall–Kier alpha value is -0.490. The maximum Gasteiger partial charge on any atom is 0.0480 e. The van der Waals surface area contributed by atoms with Crippen molar-refractivity contribution in [3.8, 4) is 0 Å². The van der Waals surface area contributed by atoms with Gasteiger partial charge >= 0.3 is 0 Å². The highest BCUT2D eigenvalue weighted by molar-refractivity contribution is 6.17. The van der Waals surface area contributed by atoms with Gasteiger partial charge in [0.2, 0.25) is 0 Å². The monoisotopic (exact) mass is 139 g/mol. The maximum atomic E-state index is 5.57. The van der Waals surface area contributed by atoms with Crippen LogP contribution in [-0.4, -0.2) is 0 Å². The van der Waals surface area contributed by atoms with Crippen molar-refractivity contribution in [2.45, 2.75) is 12.8 Å². The second-order valence-corrected chi connectivity index (χ2v) is 2.26. The molecule has 0 N–H and O–H groups in total. The number of alkyl halides is 1. The molecule has 0 unspecified atom stereocenters. The molecule has 0 amide bonds. The quantitative estimate of drug-likeness (QED) is 0.525. The van der Waals surface area contributed by atoms with Gasteiger partial charge in [0.25, 0.3) is 0 Å². The first-order chi connectivity index (χ1) is 4.33. The molecule has 0 aliphatic heterocycles. The van der Waals surface area contributed by atoms with Crippen LogP contribution in [0.2, 0.25) is 0 Å². The van der Waals surface area contributed by atoms with E-state index < -0.39 is 0 Å². The molecule has 0 saturated carbocycles. The van der Waals surface area contributed by atoms with Crippen LogP contribution < -0.4 is 0 Å². The van der Waals surface area contributed by atoms with E-state index in [1.165, 1.54) is 0 Å². The minimum Gasteiger partial charge on any atom is -0.122 e. The molecule has 9 heavy (non-hydrogen) atoms. The van der Waals surface area contributed by atoms with E-state index in [0.29, 0.717) is 5.88 Å². The number of hydrogen-bond acceptors (Lipinski definition) is 0. The van der Waals surface area contributed by atoms with Crippen LogP contribution in [0.3, 0.4) is 0 Å². The van der Waals surface area contributed by atoms with Gasteiger partial charge in [0.1, 0.15) is 0 Å². The summed E-state index contributed by atoms with van der Waals surface area (Å²) in [5, 5.41) is 0. The lowest BCUT2D eigenvalue weighted by Gasteiger charge is -1.93. The van der Waals surface area contributed by atoms with Crippen LogP contribution in [0.25, 0.3) is 0 Å². The third kappa shape index (κ3) is 1.72. The van der Waals surface area contributed by atoms with Crippen LogP contribution in [0, 0.1) is 13.0 Å². The molecule has 0 saturated heterocycles. The predicted octanol–water partition coefficient (Wildman–Crippen LogP) is 2.53. The number of rotatable bonds is 1. The Bertz CT molecular complexity index is 194. The first-order valence-electron chi connectivity index (χ1n) is 2.86. The molecule has 1 rings (SSSR count). The van der Waals surface area contributed by atoms with Gasteiger partial charge in [0.05, 0.1) is 0 Å². The lowest BCUT2D eigenvalue weighted by atomic mass is 10.2. The smallest absolute Gasteiger partial charge is 0.0480 e. The van der Waals surface area contributed by atoms with Crippen molar-refractivity contribution in [2.75, 3.05) is 0 Å². The fourth-order valence-electron chi connectivity index (χ4n) is 0.723. The molecular weight excluding hydrogens is 132 g/mol. The standard InChI is InChI=1S/C8H8Cl/c1-7-3-2-4-8(5-7)6-9/h2-4H,6H2,1H3. The van der Waals surface area contributed by atoms with E-state index in [2.05, 4.69) is 6.07 Å². The molecule has 0 aliphatic rings. The lowest BCUT2D eigenvalue weighted by Crippen LogP contribution is -1.78. The van der Waals surface area contributed by atoms with Crippen molar-refractivity contribution < 1.29 is 0 Å². The highest BCUT2D eigenvalue weighted by Crippen LogP contribution is 2.04. The van der Waals surface area contributed by atoms with Crippen LogP contribution in [0.1, 0.15) is 11.1 Å². The fourth-order valence-corrected chi connectivity index (χ4v) is 0.879. The van der Waals surface area contributed by atoms with E-state index in [4.69, 9.17) is 11.6 Å². The van der Waals surface area contributed by atoms with Crippen LogP contribution >= 0.6 is 11.6 Å². The summed E-state index contributed by atoms with van der Waals surface area (Å²) >= 11 is 5.57. The number of aryl methyl sites for hydroxylation is 1. The SMILES string of the molecule is Cc1[c]c(CCl)ccc1. The first kappa shape index (κ1) is 6.63. The van der Waals surface area contributed by atoms with Gasteiger partial charge in [-0.3, -0.25) is 0 Å². The molecule has 0 spiro atoms. The molecule has 0 aromatic heterocycles. The third-order valence-electron chi connectivity index (χ3n) is 1.15. The zero-order valence-electron chi connectivity index (χ0n) is 5.32. The van der Waals surface area contributed by atoms with Gasteiger partial charge in [-0.05, 0) is 24.1 Å². The van der Waals surface area contributed by atoms with Crippen molar-refractivity contribution in [2.24, 2.45) is 0 Å². The Balaban J connectivity index is 2.94. The van der Waals surface area contributed by atoms with Gasteiger partial charge in [0.15, 0.2) is 0 Å². The molecule has 0 atom stereocenters. The lowest BCUT2D eigenvalue weighted by molar-refractivity contribution is 1.33. The third-order valence-corrected chi connectivity index (χ3v) is 1.43. The van der Waals surface area contributed by atoms with E-state index in [-0.39, 0.29) is 0 Å². The molecule has 1 aromatic rings.